The van der Waals surface area contributed by atoms with Gasteiger partial charge >= 0.3 is 0 Å². The number of ether oxygens (including phenoxy) is 1. The fourth-order valence-electron chi connectivity index (χ4n) is 3.73. The average Bonchev–Trinajstić information content (AvgIpc) is 3.15. The first kappa shape index (κ1) is 22.0. The van der Waals surface area contributed by atoms with Crippen LogP contribution in [0.3, 0.4) is 0 Å². The van der Waals surface area contributed by atoms with E-state index in [9.17, 15) is 9.59 Å². The van der Waals surface area contributed by atoms with Crippen molar-refractivity contribution in [2.45, 2.75) is 6.92 Å². The minimum Gasteiger partial charge on any atom is -0.379 e. The summed E-state index contributed by atoms with van der Waals surface area (Å²) in [7, 11) is 0. The standard InChI is InChI=1S/C20H24Cl2N6O3/c1-14-23-19(24-28(14)18-15(21)3-2-4-16(18)22)20(30)27-7-5-26(6-8-27)17(29)13-25-9-11-31-12-10-25/h2-4H,5-13H2,1H3. The summed E-state index contributed by atoms with van der Waals surface area (Å²) >= 11 is 12.5. The minimum atomic E-state index is -0.273. The second kappa shape index (κ2) is 9.52. The Balaban J connectivity index is 1.38. The first-order valence-corrected chi connectivity index (χ1v) is 10.9. The SMILES string of the molecule is Cc1nc(C(=O)N2CCN(C(=O)CN3CCOCC3)CC2)nn1-c1c(Cl)cccc1Cl. The van der Waals surface area contributed by atoms with Crippen molar-refractivity contribution >= 4 is 35.0 Å². The first-order valence-electron chi connectivity index (χ1n) is 10.2. The lowest BCUT2D eigenvalue weighted by Gasteiger charge is -2.35. The number of rotatable bonds is 4. The van der Waals surface area contributed by atoms with Gasteiger partial charge in [-0.25, -0.2) is 9.67 Å². The van der Waals surface area contributed by atoms with Crippen LogP contribution in [0.2, 0.25) is 10.0 Å². The molecule has 2 saturated heterocycles. The van der Waals surface area contributed by atoms with Crippen molar-refractivity contribution in [2.75, 3.05) is 59.0 Å². The number of piperazine rings is 1. The monoisotopic (exact) mass is 466 g/mol. The molecule has 0 unspecified atom stereocenters. The molecule has 2 aliphatic rings. The Kier molecular flexibility index (Phi) is 6.76. The van der Waals surface area contributed by atoms with Crippen LogP contribution in [0.25, 0.3) is 5.69 Å². The Hall–Kier alpha value is -2.20. The van der Waals surface area contributed by atoms with Crippen molar-refractivity contribution in [2.24, 2.45) is 0 Å². The zero-order chi connectivity index (χ0) is 22.0. The average molecular weight is 467 g/mol. The largest absolute Gasteiger partial charge is 0.379 e. The molecule has 2 aliphatic heterocycles. The second-order valence-electron chi connectivity index (χ2n) is 7.53. The molecule has 1 aromatic heterocycles. The number of morpholine rings is 1. The molecule has 0 bridgehead atoms. The molecule has 0 atom stereocenters. The smallest absolute Gasteiger partial charge is 0.293 e. The van der Waals surface area contributed by atoms with E-state index in [4.69, 9.17) is 27.9 Å². The molecular formula is C20H24Cl2N6O3. The fourth-order valence-corrected chi connectivity index (χ4v) is 4.29. The molecule has 2 fully saturated rings. The molecule has 0 saturated carbocycles. The number of aromatic nitrogens is 3. The van der Waals surface area contributed by atoms with Crippen LogP contribution >= 0.6 is 23.2 Å². The van der Waals surface area contributed by atoms with E-state index in [-0.39, 0.29) is 17.6 Å². The number of para-hydroxylation sites is 1. The predicted octanol–water partition coefficient (Wildman–Crippen LogP) is 1.50. The van der Waals surface area contributed by atoms with E-state index in [2.05, 4.69) is 15.0 Å². The third-order valence-electron chi connectivity index (χ3n) is 5.49. The number of benzene rings is 1. The van der Waals surface area contributed by atoms with Gasteiger partial charge in [-0.1, -0.05) is 29.3 Å². The van der Waals surface area contributed by atoms with Gasteiger partial charge in [0.2, 0.25) is 11.7 Å². The Morgan fingerprint density at radius 2 is 1.61 bits per heavy atom. The van der Waals surface area contributed by atoms with Gasteiger partial charge in [0.05, 0.1) is 29.8 Å². The van der Waals surface area contributed by atoms with Crippen LogP contribution in [0.4, 0.5) is 0 Å². The van der Waals surface area contributed by atoms with Crippen molar-refractivity contribution in [3.63, 3.8) is 0 Å². The van der Waals surface area contributed by atoms with Gasteiger partial charge in [-0.05, 0) is 19.1 Å². The maximum Gasteiger partial charge on any atom is 0.293 e. The summed E-state index contributed by atoms with van der Waals surface area (Å²) in [6, 6.07) is 5.16. The molecule has 0 N–H and O–H groups in total. The summed E-state index contributed by atoms with van der Waals surface area (Å²) in [5.41, 5.74) is 0.494. The quantitative estimate of drug-likeness (QED) is 0.678. The van der Waals surface area contributed by atoms with Crippen molar-refractivity contribution < 1.29 is 14.3 Å². The molecule has 2 amide bonds. The van der Waals surface area contributed by atoms with Gasteiger partial charge in [0.15, 0.2) is 0 Å². The molecule has 166 valence electrons. The number of nitrogens with zero attached hydrogens (tertiary/aromatic N) is 6. The van der Waals surface area contributed by atoms with Crippen LogP contribution in [-0.4, -0.2) is 100 Å². The summed E-state index contributed by atoms with van der Waals surface area (Å²) < 4.78 is 6.81. The molecule has 9 nitrogen and oxygen atoms in total. The molecule has 0 aliphatic carbocycles. The summed E-state index contributed by atoms with van der Waals surface area (Å²) in [6.07, 6.45) is 0. The second-order valence-corrected chi connectivity index (χ2v) is 8.34. The van der Waals surface area contributed by atoms with Gasteiger partial charge in [-0.3, -0.25) is 14.5 Å². The number of halogens is 2. The zero-order valence-electron chi connectivity index (χ0n) is 17.3. The molecule has 2 aromatic rings. The van der Waals surface area contributed by atoms with E-state index in [0.717, 1.165) is 13.1 Å². The van der Waals surface area contributed by atoms with Crippen LogP contribution in [0.1, 0.15) is 16.4 Å². The van der Waals surface area contributed by atoms with Gasteiger partial charge in [-0.2, -0.15) is 0 Å². The minimum absolute atomic E-state index is 0.0839. The van der Waals surface area contributed by atoms with Crippen LogP contribution in [0.15, 0.2) is 18.2 Å². The van der Waals surface area contributed by atoms with E-state index in [0.29, 0.717) is 67.5 Å². The third-order valence-corrected chi connectivity index (χ3v) is 6.10. The first-order chi connectivity index (χ1) is 14.9. The summed E-state index contributed by atoms with van der Waals surface area (Å²) in [6.45, 7) is 6.85. The zero-order valence-corrected chi connectivity index (χ0v) is 18.8. The fraction of sp³-hybridized carbons (Fsp3) is 0.500. The number of amides is 2. The topological polar surface area (TPSA) is 83.8 Å². The number of carbonyl (C=O) groups excluding carboxylic acids is 2. The van der Waals surface area contributed by atoms with Gasteiger partial charge in [0.1, 0.15) is 11.5 Å². The summed E-state index contributed by atoms with van der Waals surface area (Å²) in [5.74, 6) is 0.408. The highest BCUT2D eigenvalue weighted by Gasteiger charge is 2.28. The number of aryl methyl sites for hydroxylation is 1. The van der Waals surface area contributed by atoms with Crippen molar-refractivity contribution in [1.29, 1.82) is 0 Å². The lowest BCUT2D eigenvalue weighted by molar-refractivity contribution is -0.134. The van der Waals surface area contributed by atoms with Gasteiger partial charge in [-0.15, -0.1) is 5.10 Å². The van der Waals surface area contributed by atoms with E-state index in [1.165, 1.54) is 4.68 Å². The number of carbonyl (C=O) groups is 2. The Morgan fingerprint density at radius 1 is 1.00 bits per heavy atom. The molecule has 4 rings (SSSR count). The molecule has 0 spiro atoms. The van der Waals surface area contributed by atoms with Crippen molar-refractivity contribution in [1.82, 2.24) is 29.5 Å². The maximum absolute atomic E-state index is 13.0. The maximum atomic E-state index is 13.0. The van der Waals surface area contributed by atoms with Gasteiger partial charge < -0.3 is 14.5 Å². The number of hydrogen-bond donors (Lipinski definition) is 0. The van der Waals surface area contributed by atoms with Gasteiger partial charge in [0, 0.05) is 39.3 Å². The molecule has 1 aromatic carbocycles. The molecule has 3 heterocycles. The normalized spacial score (nSPS) is 17.8. The van der Waals surface area contributed by atoms with Crippen molar-refractivity contribution in [3.8, 4) is 5.69 Å². The molecular weight excluding hydrogens is 443 g/mol. The summed E-state index contributed by atoms with van der Waals surface area (Å²) in [4.78, 5) is 35.4. The van der Waals surface area contributed by atoms with Crippen molar-refractivity contribution in [3.05, 3.63) is 39.9 Å². The summed E-state index contributed by atoms with van der Waals surface area (Å²) in [5, 5.41) is 5.20. The molecule has 0 radical (unpaired) electrons. The Labute approximate surface area is 190 Å². The van der Waals surface area contributed by atoms with Crippen LogP contribution in [0, 0.1) is 6.92 Å². The highest BCUT2D eigenvalue weighted by molar-refractivity contribution is 6.37. The number of hydrogen-bond acceptors (Lipinski definition) is 6. The van der Waals surface area contributed by atoms with E-state index >= 15 is 0 Å². The van der Waals surface area contributed by atoms with Crippen LogP contribution in [-0.2, 0) is 9.53 Å². The highest BCUT2D eigenvalue weighted by Crippen LogP contribution is 2.28. The Bertz CT molecular complexity index is 948. The van der Waals surface area contributed by atoms with Crippen LogP contribution < -0.4 is 0 Å². The lowest BCUT2D eigenvalue weighted by Crippen LogP contribution is -2.53. The Morgan fingerprint density at radius 3 is 2.26 bits per heavy atom. The molecule has 31 heavy (non-hydrogen) atoms. The highest BCUT2D eigenvalue weighted by atomic mass is 35.5. The predicted molar refractivity (Wildman–Crippen MR) is 116 cm³/mol. The van der Waals surface area contributed by atoms with E-state index in [1.807, 2.05) is 0 Å². The third kappa shape index (κ3) is 4.85. The van der Waals surface area contributed by atoms with E-state index < -0.39 is 0 Å². The van der Waals surface area contributed by atoms with Gasteiger partial charge in [0.25, 0.3) is 5.91 Å². The molecule has 11 heteroatoms. The van der Waals surface area contributed by atoms with E-state index in [1.54, 1.807) is 34.9 Å². The lowest BCUT2D eigenvalue weighted by atomic mass is 10.3. The van der Waals surface area contributed by atoms with Crippen LogP contribution in [0.5, 0.6) is 0 Å².